The maximum atomic E-state index is 4.87. The molecule has 0 radical (unpaired) electrons. The average molecular weight is 439 g/mol. The normalized spacial score (nSPS) is 11.4. The number of thiophene rings is 1. The lowest BCUT2D eigenvalue weighted by molar-refractivity contribution is 1.10. The quantitative estimate of drug-likeness (QED) is 0.412. The van der Waals surface area contributed by atoms with E-state index in [1.807, 2.05) is 48.9 Å². The van der Waals surface area contributed by atoms with Crippen LogP contribution in [0.3, 0.4) is 0 Å². The van der Waals surface area contributed by atoms with E-state index in [2.05, 4.69) is 47.6 Å². The third-order valence-electron chi connectivity index (χ3n) is 5.40. The zero-order chi connectivity index (χ0) is 21.7. The van der Waals surface area contributed by atoms with Crippen LogP contribution in [-0.4, -0.2) is 49.2 Å². The molecule has 0 spiro atoms. The van der Waals surface area contributed by atoms with Crippen LogP contribution in [0.25, 0.3) is 56.0 Å². The highest BCUT2D eigenvalue weighted by Crippen LogP contribution is 2.32. The molecule has 0 saturated heterocycles. The maximum Gasteiger partial charge on any atom is 0.159 e. The maximum absolute atomic E-state index is 4.87. The Kier molecular flexibility index (Phi) is 4.22. The van der Waals surface area contributed by atoms with Crippen molar-refractivity contribution in [2.75, 3.05) is 19.0 Å². The second-order valence-electron chi connectivity index (χ2n) is 7.67. The molecule has 156 valence electrons. The standard InChI is InChI=1S/C23H18N8S/c1-31(2)15-7-14(9-24-10-15)18-8-16-19(11-26-18)29-30-21(16)23-27-17-3-5-25-20(22(17)28-23)13-4-6-32-12-13/h3-12H,1-2H3,(H,27,28)(H,29,30). The molecule has 0 amide bonds. The summed E-state index contributed by atoms with van der Waals surface area (Å²) in [5, 5.41) is 12.7. The predicted molar refractivity (Wildman–Crippen MR) is 128 cm³/mol. The Balaban J connectivity index is 1.49. The van der Waals surface area contributed by atoms with Gasteiger partial charge < -0.3 is 9.88 Å². The highest BCUT2D eigenvalue weighted by molar-refractivity contribution is 7.08. The summed E-state index contributed by atoms with van der Waals surface area (Å²) in [6.45, 7) is 0. The molecule has 0 saturated carbocycles. The average Bonchev–Trinajstić information content (AvgIpc) is 3.57. The van der Waals surface area contributed by atoms with Crippen molar-refractivity contribution >= 4 is 39.0 Å². The fourth-order valence-electron chi connectivity index (χ4n) is 3.73. The number of aromatic amines is 2. The number of aromatic nitrogens is 7. The fourth-order valence-corrected chi connectivity index (χ4v) is 4.37. The van der Waals surface area contributed by atoms with Gasteiger partial charge in [0.05, 0.1) is 40.5 Å². The summed E-state index contributed by atoms with van der Waals surface area (Å²) in [6.07, 6.45) is 7.25. The zero-order valence-corrected chi connectivity index (χ0v) is 18.2. The summed E-state index contributed by atoms with van der Waals surface area (Å²) in [5.41, 5.74) is 8.04. The zero-order valence-electron chi connectivity index (χ0n) is 17.4. The Labute approximate surface area is 187 Å². The van der Waals surface area contributed by atoms with E-state index in [0.717, 1.165) is 55.8 Å². The number of H-pyrrole nitrogens is 2. The molecule has 0 aliphatic carbocycles. The number of nitrogens with one attached hydrogen (secondary N) is 2. The van der Waals surface area contributed by atoms with Crippen molar-refractivity contribution in [1.29, 1.82) is 0 Å². The van der Waals surface area contributed by atoms with Gasteiger partial charge in [0.2, 0.25) is 0 Å². The van der Waals surface area contributed by atoms with E-state index in [1.54, 1.807) is 23.7 Å². The summed E-state index contributed by atoms with van der Waals surface area (Å²) in [6, 6.07) is 8.08. The Hall–Kier alpha value is -4.11. The smallest absolute Gasteiger partial charge is 0.159 e. The minimum absolute atomic E-state index is 0.688. The molecule has 6 aromatic rings. The first-order valence-electron chi connectivity index (χ1n) is 10.0. The first kappa shape index (κ1) is 18.6. The molecule has 6 heterocycles. The minimum atomic E-state index is 0.688. The van der Waals surface area contributed by atoms with E-state index >= 15 is 0 Å². The second kappa shape index (κ2) is 7.24. The first-order valence-corrected chi connectivity index (χ1v) is 11.0. The van der Waals surface area contributed by atoms with Gasteiger partial charge in [-0.25, -0.2) is 4.98 Å². The van der Waals surface area contributed by atoms with Crippen molar-refractivity contribution in [3.05, 3.63) is 59.8 Å². The molecule has 0 aliphatic heterocycles. The molecule has 32 heavy (non-hydrogen) atoms. The summed E-state index contributed by atoms with van der Waals surface area (Å²) in [4.78, 5) is 23.8. The molecule has 0 atom stereocenters. The molecule has 0 bridgehead atoms. The van der Waals surface area contributed by atoms with Crippen molar-refractivity contribution in [1.82, 2.24) is 35.1 Å². The Bertz CT molecular complexity index is 1560. The van der Waals surface area contributed by atoms with Gasteiger partial charge in [0.15, 0.2) is 5.82 Å². The van der Waals surface area contributed by atoms with Gasteiger partial charge in [0.25, 0.3) is 0 Å². The number of hydrogen-bond acceptors (Lipinski definition) is 7. The molecule has 0 aliphatic rings. The van der Waals surface area contributed by atoms with Gasteiger partial charge in [0, 0.05) is 48.4 Å². The molecule has 8 nitrogen and oxygen atoms in total. The molecular formula is C23H18N8S. The predicted octanol–water partition coefficient (Wildman–Crippen LogP) is 4.75. The van der Waals surface area contributed by atoms with E-state index in [4.69, 9.17) is 4.98 Å². The molecule has 0 unspecified atom stereocenters. The number of pyridine rings is 3. The lowest BCUT2D eigenvalue weighted by Gasteiger charge is -2.12. The fraction of sp³-hybridized carbons (Fsp3) is 0.0870. The summed E-state index contributed by atoms with van der Waals surface area (Å²) < 4.78 is 0. The topological polar surface area (TPSA) is 99.3 Å². The number of nitrogens with zero attached hydrogens (tertiary/aromatic N) is 6. The van der Waals surface area contributed by atoms with E-state index in [0.29, 0.717) is 5.82 Å². The highest BCUT2D eigenvalue weighted by Gasteiger charge is 2.17. The third kappa shape index (κ3) is 3.02. The van der Waals surface area contributed by atoms with Crippen molar-refractivity contribution in [3.8, 4) is 34.0 Å². The lowest BCUT2D eigenvalue weighted by atomic mass is 10.1. The van der Waals surface area contributed by atoms with Crippen molar-refractivity contribution in [3.63, 3.8) is 0 Å². The van der Waals surface area contributed by atoms with Crippen LogP contribution in [0.1, 0.15) is 0 Å². The highest BCUT2D eigenvalue weighted by atomic mass is 32.1. The van der Waals surface area contributed by atoms with Crippen LogP contribution >= 0.6 is 11.3 Å². The largest absolute Gasteiger partial charge is 0.376 e. The van der Waals surface area contributed by atoms with Gasteiger partial charge in [-0.05, 0) is 29.6 Å². The number of hydrogen-bond donors (Lipinski definition) is 2. The molecule has 0 aromatic carbocycles. The Morgan fingerprint density at radius 2 is 1.88 bits per heavy atom. The third-order valence-corrected chi connectivity index (χ3v) is 6.09. The molecule has 2 N–H and O–H groups in total. The van der Waals surface area contributed by atoms with Crippen molar-refractivity contribution in [2.45, 2.75) is 0 Å². The van der Waals surface area contributed by atoms with Crippen LogP contribution < -0.4 is 4.90 Å². The van der Waals surface area contributed by atoms with E-state index < -0.39 is 0 Å². The number of rotatable bonds is 4. The van der Waals surface area contributed by atoms with Crippen LogP contribution in [0, 0.1) is 0 Å². The summed E-state index contributed by atoms with van der Waals surface area (Å²) in [5.74, 6) is 0.688. The van der Waals surface area contributed by atoms with Gasteiger partial charge in [0.1, 0.15) is 11.2 Å². The molecule has 9 heteroatoms. The van der Waals surface area contributed by atoms with Gasteiger partial charge in [-0.3, -0.25) is 20.1 Å². The van der Waals surface area contributed by atoms with Crippen LogP contribution in [0.4, 0.5) is 5.69 Å². The summed E-state index contributed by atoms with van der Waals surface area (Å²) in [7, 11) is 3.98. The van der Waals surface area contributed by atoms with Crippen molar-refractivity contribution in [2.24, 2.45) is 0 Å². The van der Waals surface area contributed by atoms with Gasteiger partial charge >= 0.3 is 0 Å². The second-order valence-corrected chi connectivity index (χ2v) is 8.45. The molecule has 6 aromatic heterocycles. The van der Waals surface area contributed by atoms with E-state index in [1.165, 1.54) is 0 Å². The van der Waals surface area contributed by atoms with Gasteiger partial charge in [-0.2, -0.15) is 16.4 Å². The van der Waals surface area contributed by atoms with Crippen LogP contribution in [0.15, 0.2) is 59.8 Å². The Morgan fingerprint density at radius 3 is 2.72 bits per heavy atom. The van der Waals surface area contributed by atoms with Gasteiger partial charge in [-0.15, -0.1) is 0 Å². The number of imidazole rings is 1. The van der Waals surface area contributed by atoms with Gasteiger partial charge in [-0.1, -0.05) is 0 Å². The van der Waals surface area contributed by atoms with E-state index in [-0.39, 0.29) is 0 Å². The summed E-state index contributed by atoms with van der Waals surface area (Å²) >= 11 is 1.64. The lowest BCUT2D eigenvalue weighted by Crippen LogP contribution is -2.08. The molecule has 0 fully saturated rings. The molecule has 6 rings (SSSR count). The monoisotopic (exact) mass is 438 g/mol. The van der Waals surface area contributed by atoms with Crippen LogP contribution in [-0.2, 0) is 0 Å². The first-order chi connectivity index (χ1) is 15.7. The molecular weight excluding hydrogens is 420 g/mol. The van der Waals surface area contributed by atoms with E-state index in [9.17, 15) is 0 Å². The number of anilines is 1. The van der Waals surface area contributed by atoms with Crippen LogP contribution in [0.5, 0.6) is 0 Å². The van der Waals surface area contributed by atoms with Crippen LogP contribution in [0.2, 0.25) is 0 Å². The Morgan fingerprint density at radius 1 is 0.938 bits per heavy atom. The SMILES string of the molecule is CN(C)c1cncc(-c2cc3c(-c4nc5c(-c6ccsc6)nccc5[nH]4)n[nH]c3cn2)c1. The minimum Gasteiger partial charge on any atom is -0.376 e. The van der Waals surface area contributed by atoms with Crippen molar-refractivity contribution < 1.29 is 0 Å². The number of fused-ring (bicyclic) bond motifs is 2.